The van der Waals surface area contributed by atoms with Crippen LogP contribution in [0.15, 0.2) is 59.7 Å². The maximum absolute atomic E-state index is 12.6. The van der Waals surface area contributed by atoms with Crippen LogP contribution in [0.5, 0.6) is 5.75 Å². The molecule has 1 unspecified atom stereocenters. The quantitative estimate of drug-likeness (QED) is 0.713. The van der Waals surface area contributed by atoms with Gasteiger partial charge in [-0.25, -0.2) is 4.98 Å². The average molecular weight is 399 g/mol. The second kappa shape index (κ2) is 8.99. The molecule has 1 atom stereocenters. The minimum Gasteiger partial charge on any atom is -0.496 e. The van der Waals surface area contributed by atoms with Crippen LogP contribution in [-0.2, 0) is 13.1 Å². The molecule has 3 heterocycles. The highest BCUT2D eigenvalue weighted by atomic mass is 35.5. The van der Waals surface area contributed by atoms with Gasteiger partial charge < -0.3 is 10.1 Å². The van der Waals surface area contributed by atoms with Crippen molar-refractivity contribution in [1.82, 2.24) is 19.9 Å². The van der Waals surface area contributed by atoms with Crippen molar-refractivity contribution in [3.63, 3.8) is 0 Å². The highest BCUT2D eigenvalue weighted by molar-refractivity contribution is 5.85. The summed E-state index contributed by atoms with van der Waals surface area (Å²) in [6, 6.07) is 13.3. The number of nitrogens with one attached hydrogen (secondary N) is 1. The summed E-state index contributed by atoms with van der Waals surface area (Å²) in [5.74, 6) is 1.66. The Morgan fingerprint density at radius 2 is 2.00 bits per heavy atom. The third-order valence-corrected chi connectivity index (χ3v) is 4.93. The zero-order chi connectivity index (χ0) is 18.6. The second-order valence-corrected chi connectivity index (χ2v) is 6.61. The monoisotopic (exact) mass is 398 g/mol. The van der Waals surface area contributed by atoms with Crippen molar-refractivity contribution < 1.29 is 4.74 Å². The molecule has 146 valence electrons. The molecule has 1 aliphatic heterocycles. The molecule has 4 rings (SSSR count). The number of pyridine rings is 1. The molecule has 0 saturated heterocycles. The number of methoxy groups -OCH3 is 1. The van der Waals surface area contributed by atoms with Crippen molar-refractivity contribution in [3.05, 3.63) is 76.6 Å². The number of hydrogen-bond acceptors (Lipinski definition) is 5. The van der Waals surface area contributed by atoms with Gasteiger partial charge in [0.1, 0.15) is 11.6 Å². The third-order valence-electron chi connectivity index (χ3n) is 4.93. The molecule has 0 radical (unpaired) electrons. The maximum atomic E-state index is 12.6. The lowest BCUT2D eigenvalue weighted by Crippen LogP contribution is -2.35. The molecule has 0 saturated carbocycles. The lowest BCUT2D eigenvalue weighted by molar-refractivity contribution is 0.365. The lowest BCUT2D eigenvalue weighted by atomic mass is 10.0. The number of halogens is 1. The Morgan fingerprint density at radius 3 is 2.79 bits per heavy atom. The van der Waals surface area contributed by atoms with E-state index in [0.29, 0.717) is 18.8 Å². The molecule has 2 aromatic heterocycles. The summed E-state index contributed by atoms with van der Waals surface area (Å²) in [7, 11) is 1.68. The van der Waals surface area contributed by atoms with Crippen LogP contribution in [-0.4, -0.2) is 21.6 Å². The first kappa shape index (κ1) is 20.0. The van der Waals surface area contributed by atoms with Gasteiger partial charge in [0.15, 0.2) is 0 Å². The molecular weight excluding hydrogens is 376 g/mol. The number of para-hydroxylation sites is 1. The van der Waals surface area contributed by atoms with Gasteiger partial charge in [-0.1, -0.05) is 18.2 Å². The van der Waals surface area contributed by atoms with Gasteiger partial charge in [-0.15, -0.1) is 12.4 Å². The molecule has 3 aromatic rings. The zero-order valence-corrected chi connectivity index (χ0v) is 16.5. The maximum Gasteiger partial charge on any atom is 0.254 e. The summed E-state index contributed by atoms with van der Waals surface area (Å²) in [5.41, 5.74) is 2.68. The molecule has 1 N–H and O–H groups in total. The SMILES string of the molecule is COc1ccccc1CNC1CCCn2c1nc(-c1ccncc1)cc2=O.Cl. The van der Waals surface area contributed by atoms with Gasteiger partial charge in [-0.2, -0.15) is 0 Å². The van der Waals surface area contributed by atoms with E-state index in [1.165, 1.54) is 0 Å². The molecule has 0 bridgehead atoms. The Kier molecular flexibility index (Phi) is 6.44. The summed E-state index contributed by atoms with van der Waals surface area (Å²) in [6.45, 7) is 1.37. The highest BCUT2D eigenvalue weighted by Gasteiger charge is 2.23. The van der Waals surface area contributed by atoms with Gasteiger partial charge >= 0.3 is 0 Å². The fraction of sp³-hybridized carbons (Fsp3) is 0.286. The van der Waals surface area contributed by atoms with E-state index in [9.17, 15) is 4.79 Å². The van der Waals surface area contributed by atoms with E-state index in [4.69, 9.17) is 9.72 Å². The zero-order valence-electron chi connectivity index (χ0n) is 15.7. The number of benzene rings is 1. The van der Waals surface area contributed by atoms with Crippen molar-refractivity contribution >= 4 is 12.4 Å². The lowest BCUT2D eigenvalue weighted by Gasteiger charge is -2.27. The van der Waals surface area contributed by atoms with Crippen LogP contribution >= 0.6 is 12.4 Å². The molecule has 0 aliphatic carbocycles. The number of fused-ring (bicyclic) bond motifs is 1. The summed E-state index contributed by atoms with van der Waals surface area (Å²) < 4.78 is 7.22. The van der Waals surface area contributed by atoms with E-state index in [-0.39, 0.29) is 24.0 Å². The molecule has 0 amide bonds. The van der Waals surface area contributed by atoms with Crippen LogP contribution < -0.4 is 15.6 Å². The van der Waals surface area contributed by atoms with Crippen LogP contribution in [0, 0.1) is 0 Å². The summed E-state index contributed by atoms with van der Waals surface area (Å²) >= 11 is 0. The van der Waals surface area contributed by atoms with E-state index < -0.39 is 0 Å². The van der Waals surface area contributed by atoms with E-state index in [0.717, 1.165) is 35.5 Å². The second-order valence-electron chi connectivity index (χ2n) is 6.61. The van der Waals surface area contributed by atoms with Gasteiger partial charge in [-0.05, 0) is 31.0 Å². The smallest absolute Gasteiger partial charge is 0.254 e. The Labute approximate surface area is 170 Å². The molecule has 28 heavy (non-hydrogen) atoms. The van der Waals surface area contributed by atoms with Crippen molar-refractivity contribution in [3.8, 4) is 17.0 Å². The van der Waals surface area contributed by atoms with E-state index >= 15 is 0 Å². The van der Waals surface area contributed by atoms with Crippen molar-refractivity contribution in [1.29, 1.82) is 0 Å². The van der Waals surface area contributed by atoms with Crippen molar-refractivity contribution in [2.24, 2.45) is 0 Å². The van der Waals surface area contributed by atoms with Gasteiger partial charge in [0, 0.05) is 42.7 Å². The topological polar surface area (TPSA) is 69.0 Å². The van der Waals surface area contributed by atoms with Gasteiger partial charge in [0.05, 0.1) is 18.8 Å². The molecule has 1 aliphatic rings. The molecule has 6 nitrogen and oxygen atoms in total. The molecule has 1 aromatic carbocycles. The molecule has 7 heteroatoms. The standard InChI is InChI=1S/C21H22N4O2.ClH/c1-27-19-7-3-2-5-16(19)14-23-17-6-4-12-25-20(26)13-18(24-21(17)25)15-8-10-22-11-9-15;/h2-3,5,7-11,13,17,23H,4,6,12,14H2,1H3;1H. The van der Waals surface area contributed by atoms with Crippen LogP contribution in [0.25, 0.3) is 11.3 Å². The Bertz CT molecular complexity index is 991. The Balaban J connectivity index is 0.00000225. The number of ether oxygens (including phenoxy) is 1. The van der Waals surface area contributed by atoms with Crippen LogP contribution in [0.3, 0.4) is 0 Å². The first-order valence-electron chi connectivity index (χ1n) is 9.13. The predicted octanol–water partition coefficient (Wildman–Crippen LogP) is 3.36. The number of rotatable bonds is 5. The third kappa shape index (κ3) is 4.08. The minimum atomic E-state index is -0.00407. The van der Waals surface area contributed by atoms with Crippen molar-refractivity contribution in [2.75, 3.05) is 7.11 Å². The number of nitrogens with zero attached hydrogens (tertiary/aromatic N) is 3. The molecule has 0 fully saturated rings. The van der Waals surface area contributed by atoms with Crippen molar-refractivity contribution in [2.45, 2.75) is 32.0 Å². The van der Waals surface area contributed by atoms with Gasteiger partial charge in [-0.3, -0.25) is 14.3 Å². The van der Waals surface area contributed by atoms with E-state index in [1.807, 2.05) is 36.4 Å². The Hall–Kier alpha value is -2.70. The van der Waals surface area contributed by atoms with Crippen LogP contribution in [0.4, 0.5) is 0 Å². The molecule has 0 spiro atoms. The summed E-state index contributed by atoms with van der Waals surface area (Å²) in [4.78, 5) is 21.5. The number of hydrogen-bond donors (Lipinski definition) is 1. The van der Waals surface area contributed by atoms with Gasteiger partial charge in [0.25, 0.3) is 5.56 Å². The first-order chi connectivity index (χ1) is 13.3. The van der Waals surface area contributed by atoms with Crippen LogP contribution in [0.2, 0.25) is 0 Å². The summed E-state index contributed by atoms with van der Waals surface area (Å²) in [5, 5.41) is 3.56. The number of aromatic nitrogens is 3. The fourth-order valence-electron chi connectivity index (χ4n) is 3.54. The minimum absolute atomic E-state index is 0. The largest absolute Gasteiger partial charge is 0.496 e. The van der Waals surface area contributed by atoms with E-state index in [2.05, 4.69) is 10.3 Å². The first-order valence-corrected chi connectivity index (χ1v) is 9.13. The van der Waals surface area contributed by atoms with E-state index in [1.54, 1.807) is 30.1 Å². The Morgan fingerprint density at radius 1 is 1.21 bits per heavy atom. The van der Waals surface area contributed by atoms with Crippen LogP contribution in [0.1, 0.15) is 30.3 Å². The normalized spacial score (nSPS) is 15.4. The highest BCUT2D eigenvalue weighted by Crippen LogP contribution is 2.26. The predicted molar refractivity (Wildman–Crippen MR) is 111 cm³/mol. The summed E-state index contributed by atoms with van der Waals surface area (Å²) in [6.07, 6.45) is 5.32. The molecular formula is C21H23ClN4O2. The average Bonchev–Trinajstić information content (AvgIpc) is 2.73. The fourth-order valence-corrected chi connectivity index (χ4v) is 3.54. The van der Waals surface area contributed by atoms with Gasteiger partial charge in [0.2, 0.25) is 0 Å².